The molecule has 30 heavy (non-hydrogen) atoms. The van der Waals surface area contributed by atoms with Crippen LogP contribution in [0.3, 0.4) is 0 Å². The van der Waals surface area contributed by atoms with Gasteiger partial charge in [-0.15, -0.1) is 0 Å². The minimum atomic E-state index is -4.35. The fourth-order valence-corrected chi connectivity index (χ4v) is 3.99. The zero-order valence-corrected chi connectivity index (χ0v) is 16.2. The molecule has 0 radical (unpaired) electrons. The number of pyridine rings is 1. The van der Waals surface area contributed by atoms with Crippen LogP contribution in [0.25, 0.3) is 16.8 Å². The molecule has 2 N–H and O–H groups in total. The second-order valence-corrected chi connectivity index (χ2v) is 7.68. The van der Waals surface area contributed by atoms with Crippen LogP contribution >= 0.6 is 0 Å². The topological polar surface area (TPSA) is 73.3 Å². The van der Waals surface area contributed by atoms with Gasteiger partial charge >= 0.3 is 6.18 Å². The molecular weight excluding hydrogens is 393 g/mol. The zero-order chi connectivity index (χ0) is 21.3. The number of nitrogens with zero attached hydrogens (tertiary/aromatic N) is 3. The van der Waals surface area contributed by atoms with Gasteiger partial charge in [0.2, 0.25) is 0 Å². The van der Waals surface area contributed by atoms with Crippen molar-refractivity contribution in [2.75, 3.05) is 5.32 Å². The molecule has 4 rings (SSSR count). The van der Waals surface area contributed by atoms with Crippen LogP contribution in [0, 0.1) is 11.3 Å². The first-order chi connectivity index (χ1) is 14.3. The third-order valence-electron chi connectivity index (χ3n) is 5.51. The number of aliphatic hydroxyl groups is 1. The fourth-order valence-electron chi connectivity index (χ4n) is 3.99. The van der Waals surface area contributed by atoms with Gasteiger partial charge in [0.15, 0.2) is 5.65 Å². The minimum Gasteiger partial charge on any atom is -0.393 e. The van der Waals surface area contributed by atoms with Crippen molar-refractivity contribution in [3.63, 3.8) is 0 Å². The van der Waals surface area contributed by atoms with E-state index in [4.69, 9.17) is 0 Å². The van der Waals surface area contributed by atoms with Gasteiger partial charge in [0.1, 0.15) is 11.6 Å². The lowest BCUT2D eigenvalue weighted by molar-refractivity contribution is -0.127. The molecule has 1 saturated carbocycles. The molecule has 1 aliphatic carbocycles. The number of aliphatic hydroxyl groups excluding tert-OH is 1. The molecule has 1 aliphatic rings. The van der Waals surface area contributed by atoms with E-state index in [0.717, 1.165) is 36.9 Å². The van der Waals surface area contributed by atoms with Gasteiger partial charge in [-0.25, -0.2) is 4.98 Å². The zero-order valence-electron chi connectivity index (χ0n) is 16.2. The number of halogens is 3. The molecule has 0 bridgehead atoms. The lowest BCUT2D eigenvalue weighted by Crippen LogP contribution is -2.28. The van der Waals surface area contributed by atoms with Crippen LogP contribution in [-0.2, 0) is 6.42 Å². The number of aromatic nitrogens is 2. The van der Waals surface area contributed by atoms with E-state index >= 15 is 0 Å². The van der Waals surface area contributed by atoms with Crippen molar-refractivity contribution < 1.29 is 18.3 Å². The highest BCUT2D eigenvalue weighted by Crippen LogP contribution is 2.30. The van der Waals surface area contributed by atoms with Crippen LogP contribution in [-0.4, -0.2) is 32.8 Å². The summed E-state index contributed by atoms with van der Waals surface area (Å²) in [6.45, 7) is 0. The van der Waals surface area contributed by atoms with Gasteiger partial charge in [-0.1, -0.05) is 12.1 Å². The van der Waals surface area contributed by atoms with Gasteiger partial charge in [0.05, 0.1) is 18.2 Å². The summed E-state index contributed by atoms with van der Waals surface area (Å²) in [6, 6.07) is 11.7. The van der Waals surface area contributed by atoms with Gasteiger partial charge in [-0.2, -0.15) is 18.4 Å². The molecule has 1 fully saturated rings. The molecule has 156 valence electrons. The van der Waals surface area contributed by atoms with E-state index in [1.165, 1.54) is 16.8 Å². The SMILES string of the molecule is N#Cc1c(-c2ccc(N[C@H]3CC[C@H](O)CC3)cc2)ccn2c(CC(F)(F)F)cnc12. The minimum absolute atomic E-state index is 0.00213. The van der Waals surface area contributed by atoms with Crippen molar-refractivity contribution in [3.8, 4) is 17.2 Å². The molecule has 0 unspecified atom stereocenters. The summed E-state index contributed by atoms with van der Waals surface area (Å²) < 4.78 is 39.6. The van der Waals surface area contributed by atoms with Gasteiger partial charge in [0, 0.05) is 29.7 Å². The summed E-state index contributed by atoms with van der Waals surface area (Å²) >= 11 is 0. The van der Waals surface area contributed by atoms with Crippen molar-refractivity contribution in [2.24, 2.45) is 0 Å². The summed E-state index contributed by atoms with van der Waals surface area (Å²) in [4.78, 5) is 4.07. The van der Waals surface area contributed by atoms with Crippen molar-refractivity contribution in [1.82, 2.24) is 9.38 Å². The highest BCUT2D eigenvalue weighted by atomic mass is 19.4. The molecule has 2 heterocycles. The number of anilines is 1. The number of rotatable bonds is 4. The summed E-state index contributed by atoms with van der Waals surface area (Å²) in [7, 11) is 0. The standard InChI is InChI=1S/C22H21F3N4O/c23-22(24,25)11-17-13-27-21-20(12-26)19(9-10-29(17)21)14-1-3-15(4-2-14)28-16-5-7-18(30)8-6-16/h1-4,9-10,13,16,18,28,30H,5-8,11H2/t16-,18-. The number of benzene rings is 1. The Labute approximate surface area is 171 Å². The first kappa shape index (κ1) is 20.2. The van der Waals surface area contributed by atoms with Crippen molar-refractivity contribution in [1.29, 1.82) is 5.26 Å². The summed E-state index contributed by atoms with van der Waals surface area (Å²) in [5, 5.41) is 22.7. The van der Waals surface area contributed by atoms with E-state index in [1.54, 1.807) is 6.07 Å². The summed E-state index contributed by atoms with van der Waals surface area (Å²) in [5.74, 6) is 0. The normalized spacial score (nSPS) is 19.6. The molecule has 0 aliphatic heterocycles. The van der Waals surface area contributed by atoms with Gasteiger partial charge in [0.25, 0.3) is 0 Å². The Bertz CT molecular complexity index is 1070. The highest BCUT2D eigenvalue weighted by molar-refractivity contribution is 5.78. The maximum atomic E-state index is 12.8. The molecule has 0 atom stereocenters. The van der Waals surface area contributed by atoms with Crippen LogP contribution in [0.5, 0.6) is 0 Å². The predicted molar refractivity (Wildman–Crippen MR) is 107 cm³/mol. The van der Waals surface area contributed by atoms with Gasteiger partial charge in [-0.3, -0.25) is 0 Å². The third-order valence-corrected chi connectivity index (χ3v) is 5.51. The average Bonchev–Trinajstić information content (AvgIpc) is 3.11. The fraction of sp³-hybridized carbons (Fsp3) is 0.364. The van der Waals surface area contributed by atoms with E-state index in [-0.39, 0.29) is 23.0 Å². The van der Waals surface area contributed by atoms with E-state index in [9.17, 15) is 23.5 Å². The van der Waals surface area contributed by atoms with Crippen molar-refractivity contribution in [2.45, 2.75) is 50.4 Å². The van der Waals surface area contributed by atoms with Crippen LogP contribution < -0.4 is 5.32 Å². The van der Waals surface area contributed by atoms with Crippen LogP contribution in [0.1, 0.15) is 36.9 Å². The number of imidazole rings is 1. The summed E-state index contributed by atoms with van der Waals surface area (Å²) in [5.41, 5.74) is 2.83. The molecule has 0 amide bonds. The smallest absolute Gasteiger partial charge is 0.393 e. The molecule has 0 saturated heterocycles. The van der Waals surface area contributed by atoms with Crippen molar-refractivity contribution >= 4 is 11.3 Å². The first-order valence-electron chi connectivity index (χ1n) is 9.85. The summed E-state index contributed by atoms with van der Waals surface area (Å²) in [6.07, 6.45) is 0.461. The Kier molecular flexibility index (Phi) is 5.39. The predicted octanol–water partition coefficient (Wildman–Crippen LogP) is 4.69. The second-order valence-electron chi connectivity index (χ2n) is 7.68. The monoisotopic (exact) mass is 414 g/mol. The van der Waals surface area contributed by atoms with E-state index < -0.39 is 12.6 Å². The van der Waals surface area contributed by atoms with Gasteiger partial charge < -0.3 is 14.8 Å². The van der Waals surface area contributed by atoms with E-state index in [1.807, 2.05) is 24.3 Å². The van der Waals surface area contributed by atoms with E-state index in [0.29, 0.717) is 11.6 Å². The number of nitrogens with one attached hydrogen (secondary N) is 1. The largest absolute Gasteiger partial charge is 0.394 e. The van der Waals surface area contributed by atoms with Crippen molar-refractivity contribution in [3.05, 3.63) is 54.0 Å². The maximum absolute atomic E-state index is 12.8. The number of alkyl halides is 3. The molecule has 5 nitrogen and oxygen atoms in total. The van der Waals surface area contributed by atoms with Crippen LogP contribution in [0.2, 0.25) is 0 Å². The maximum Gasteiger partial charge on any atom is 0.394 e. The van der Waals surface area contributed by atoms with Crippen LogP contribution in [0.15, 0.2) is 42.7 Å². The highest BCUT2D eigenvalue weighted by Gasteiger charge is 2.30. The lowest BCUT2D eigenvalue weighted by Gasteiger charge is -2.27. The number of hydrogen-bond donors (Lipinski definition) is 2. The average molecular weight is 414 g/mol. The molecular formula is C22H21F3N4O. The third kappa shape index (κ3) is 4.26. The Balaban J connectivity index is 1.59. The Hall–Kier alpha value is -3.05. The number of nitriles is 1. The molecule has 3 aromatic rings. The molecule has 8 heteroatoms. The second kappa shape index (κ2) is 8.00. The molecule has 1 aromatic carbocycles. The Morgan fingerprint density at radius 2 is 1.83 bits per heavy atom. The Morgan fingerprint density at radius 3 is 2.47 bits per heavy atom. The number of hydrogen-bond acceptors (Lipinski definition) is 4. The van der Waals surface area contributed by atoms with Gasteiger partial charge in [-0.05, 0) is 49.4 Å². The first-order valence-corrected chi connectivity index (χ1v) is 9.85. The van der Waals surface area contributed by atoms with E-state index in [2.05, 4.69) is 16.4 Å². The molecule has 0 spiro atoms. The Morgan fingerprint density at radius 1 is 1.13 bits per heavy atom. The molecule has 2 aromatic heterocycles. The number of fused-ring (bicyclic) bond motifs is 1. The lowest BCUT2D eigenvalue weighted by atomic mass is 9.93. The quantitative estimate of drug-likeness (QED) is 0.650. The van der Waals surface area contributed by atoms with Crippen LogP contribution in [0.4, 0.5) is 18.9 Å².